The van der Waals surface area contributed by atoms with Crippen molar-refractivity contribution in [1.82, 2.24) is 5.32 Å². The molecule has 0 bridgehead atoms. The van der Waals surface area contributed by atoms with E-state index in [0.717, 1.165) is 6.54 Å². The molecule has 3 N–H and O–H groups in total. The van der Waals surface area contributed by atoms with Crippen LogP contribution in [-0.2, 0) is 17.8 Å². The van der Waals surface area contributed by atoms with Crippen molar-refractivity contribution < 1.29 is 29.1 Å². The van der Waals surface area contributed by atoms with Crippen molar-refractivity contribution in [2.75, 3.05) is 19.7 Å². The van der Waals surface area contributed by atoms with Gasteiger partial charge >= 0.3 is 11.6 Å². The highest BCUT2D eigenvalue weighted by Gasteiger charge is 2.27. The highest BCUT2D eigenvalue weighted by atomic mass is 16.6. The topological polar surface area (TPSA) is 152 Å². The minimum atomic E-state index is -1.36. The van der Waals surface area contributed by atoms with Gasteiger partial charge in [-0.25, -0.2) is 9.59 Å². The summed E-state index contributed by atoms with van der Waals surface area (Å²) in [5.41, 5.74) is -0.517. The van der Waals surface area contributed by atoms with E-state index in [0.29, 0.717) is 30.5 Å². The Kier molecular flexibility index (Phi) is 5.99. The maximum absolute atomic E-state index is 12.2. The molecular weight excluding hydrogens is 420 g/mol. The Labute approximate surface area is 181 Å². The van der Waals surface area contributed by atoms with E-state index < -0.39 is 28.8 Å². The number of hydrogen-bond donors (Lipinski definition) is 3. The van der Waals surface area contributed by atoms with Crippen molar-refractivity contribution in [2.24, 2.45) is 0 Å². The molecule has 1 aromatic heterocycles. The van der Waals surface area contributed by atoms with E-state index in [1.54, 1.807) is 12.1 Å². The van der Waals surface area contributed by atoms with Gasteiger partial charge in [0.1, 0.15) is 5.58 Å². The molecule has 166 valence electrons. The summed E-state index contributed by atoms with van der Waals surface area (Å²) in [6.07, 6.45) is 0.351. The van der Waals surface area contributed by atoms with Crippen molar-refractivity contribution in [3.8, 4) is 11.1 Å². The summed E-state index contributed by atoms with van der Waals surface area (Å²) in [5, 5.41) is 34.7. The monoisotopic (exact) mass is 440 g/mol. The first-order chi connectivity index (χ1) is 15.4. The number of carboxylic acids is 1. The molecule has 10 heteroatoms. The van der Waals surface area contributed by atoms with Gasteiger partial charge in [-0.15, -0.1) is 0 Å². The molecule has 2 heterocycles. The molecule has 0 radical (unpaired) electrons. The second kappa shape index (κ2) is 8.87. The van der Waals surface area contributed by atoms with Gasteiger partial charge in [-0.3, -0.25) is 10.1 Å². The second-order valence-corrected chi connectivity index (χ2v) is 7.42. The lowest BCUT2D eigenvalue weighted by atomic mass is 9.93. The Morgan fingerprint density at radius 1 is 1.22 bits per heavy atom. The summed E-state index contributed by atoms with van der Waals surface area (Å²) in [7, 11) is 0. The van der Waals surface area contributed by atoms with Crippen molar-refractivity contribution in [2.45, 2.75) is 19.1 Å². The fourth-order valence-corrected chi connectivity index (χ4v) is 3.99. The number of rotatable bonds is 6. The average molecular weight is 440 g/mol. The number of fused-ring (bicyclic) bond motifs is 1. The number of nitro groups is 1. The lowest BCUT2D eigenvalue weighted by molar-refractivity contribution is -0.385. The molecular formula is C22H20N2O8. The smallest absolute Gasteiger partial charge is 0.336 e. The number of ether oxygens (including phenoxy) is 1. The van der Waals surface area contributed by atoms with Gasteiger partial charge in [-0.1, -0.05) is 12.1 Å². The summed E-state index contributed by atoms with van der Waals surface area (Å²) in [4.78, 5) is 35.0. The van der Waals surface area contributed by atoms with E-state index in [1.807, 2.05) is 0 Å². The zero-order chi connectivity index (χ0) is 22.8. The van der Waals surface area contributed by atoms with Crippen molar-refractivity contribution >= 4 is 22.6 Å². The number of carboxylic acid groups (broad SMARTS) is 1. The summed E-state index contributed by atoms with van der Waals surface area (Å²) >= 11 is 0. The van der Waals surface area contributed by atoms with Crippen LogP contribution >= 0.6 is 0 Å². The van der Waals surface area contributed by atoms with Crippen LogP contribution in [0, 0.1) is 10.1 Å². The number of morpholine rings is 1. The lowest BCUT2D eigenvalue weighted by Crippen LogP contribution is -2.39. The van der Waals surface area contributed by atoms with Crippen LogP contribution in [0.15, 0.2) is 45.6 Å². The van der Waals surface area contributed by atoms with E-state index in [9.17, 15) is 29.9 Å². The maximum Gasteiger partial charge on any atom is 0.336 e. The van der Waals surface area contributed by atoms with E-state index in [-0.39, 0.29) is 33.9 Å². The molecule has 0 aliphatic carbocycles. The summed E-state index contributed by atoms with van der Waals surface area (Å²) in [6, 6.07) is 8.40. The zero-order valence-electron chi connectivity index (χ0n) is 16.9. The molecule has 1 fully saturated rings. The molecule has 1 aliphatic heterocycles. The lowest BCUT2D eigenvalue weighted by Gasteiger charge is -2.24. The van der Waals surface area contributed by atoms with Crippen LogP contribution in [0.1, 0.15) is 21.5 Å². The predicted molar refractivity (Wildman–Crippen MR) is 114 cm³/mol. The van der Waals surface area contributed by atoms with E-state index in [4.69, 9.17) is 9.15 Å². The molecule has 3 aromatic rings. The third-order valence-electron chi connectivity index (χ3n) is 5.42. The molecule has 2 aromatic carbocycles. The Morgan fingerprint density at radius 3 is 2.69 bits per heavy atom. The van der Waals surface area contributed by atoms with Crippen molar-refractivity contribution in [3.05, 3.63) is 73.6 Å². The first-order valence-electron chi connectivity index (χ1n) is 9.93. The van der Waals surface area contributed by atoms with Crippen LogP contribution in [0.4, 0.5) is 5.69 Å². The minimum Gasteiger partial charge on any atom is -0.478 e. The molecule has 4 rings (SSSR count). The molecule has 32 heavy (non-hydrogen) atoms. The van der Waals surface area contributed by atoms with Gasteiger partial charge in [0.15, 0.2) is 0 Å². The van der Waals surface area contributed by atoms with Crippen LogP contribution in [0.3, 0.4) is 0 Å². The van der Waals surface area contributed by atoms with Crippen LogP contribution < -0.4 is 10.9 Å². The number of aliphatic hydroxyl groups is 1. The Morgan fingerprint density at radius 2 is 2.03 bits per heavy atom. The first-order valence-corrected chi connectivity index (χ1v) is 9.93. The Balaban J connectivity index is 1.89. The van der Waals surface area contributed by atoms with Crippen molar-refractivity contribution in [1.29, 1.82) is 0 Å². The molecule has 0 spiro atoms. The molecule has 10 nitrogen and oxygen atoms in total. The van der Waals surface area contributed by atoms with Gasteiger partial charge in [-0.2, -0.15) is 0 Å². The third-order valence-corrected chi connectivity index (χ3v) is 5.42. The Bertz CT molecular complexity index is 1260. The normalized spacial score (nSPS) is 16.2. The van der Waals surface area contributed by atoms with Crippen LogP contribution in [0.2, 0.25) is 0 Å². The fraction of sp³-hybridized carbons (Fsp3) is 0.273. The largest absolute Gasteiger partial charge is 0.478 e. The number of nitrogens with one attached hydrogen (secondary N) is 1. The van der Waals surface area contributed by atoms with Crippen LogP contribution in [0.5, 0.6) is 0 Å². The fourth-order valence-electron chi connectivity index (χ4n) is 3.99. The number of aliphatic hydroxyl groups excluding tert-OH is 1. The van der Waals surface area contributed by atoms with E-state index in [2.05, 4.69) is 5.32 Å². The molecule has 1 atom stereocenters. The van der Waals surface area contributed by atoms with E-state index in [1.165, 1.54) is 24.3 Å². The number of hydrogen-bond acceptors (Lipinski definition) is 8. The summed E-state index contributed by atoms with van der Waals surface area (Å²) in [6.45, 7) is 1.33. The quantitative estimate of drug-likeness (QED) is 0.297. The number of aromatic carboxylic acids is 1. The number of carbonyl (C=O) groups is 1. The molecule has 1 aliphatic rings. The van der Waals surface area contributed by atoms with Gasteiger partial charge in [0.25, 0.3) is 5.69 Å². The highest BCUT2D eigenvalue weighted by Crippen LogP contribution is 2.38. The molecule has 1 unspecified atom stereocenters. The highest BCUT2D eigenvalue weighted by molar-refractivity contribution is 6.01. The number of benzene rings is 2. The predicted octanol–water partition coefficient (Wildman–Crippen LogP) is 2.09. The van der Waals surface area contributed by atoms with Gasteiger partial charge < -0.3 is 24.7 Å². The van der Waals surface area contributed by atoms with Gasteiger partial charge in [-0.05, 0) is 29.3 Å². The van der Waals surface area contributed by atoms with Gasteiger partial charge in [0, 0.05) is 31.0 Å². The van der Waals surface area contributed by atoms with Crippen molar-refractivity contribution in [3.63, 3.8) is 0 Å². The maximum atomic E-state index is 12.2. The Hall–Kier alpha value is -3.60. The molecule has 0 saturated carbocycles. The molecule has 0 amide bonds. The van der Waals surface area contributed by atoms with Crippen LogP contribution in [0.25, 0.3) is 22.1 Å². The second-order valence-electron chi connectivity index (χ2n) is 7.42. The standard InChI is InChI=1S/C22H20N2O8/c25-11-13-2-4-17(22(27)28)20(21(13)24(29)30)12-1-3-16-14(7-15-10-23-5-6-31-15)9-19(26)32-18(16)8-12/h1-4,8-9,15,23,25H,5-7,10-11H2,(H,27,28). The van der Waals surface area contributed by atoms with Gasteiger partial charge in [0.05, 0.1) is 40.9 Å². The summed E-state index contributed by atoms with van der Waals surface area (Å²) < 4.78 is 11.0. The molecule has 1 saturated heterocycles. The zero-order valence-corrected chi connectivity index (χ0v) is 16.9. The van der Waals surface area contributed by atoms with Crippen LogP contribution in [-0.4, -0.2) is 46.9 Å². The number of nitrogens with zero attached hydrogens (tertiary/aromatic N) is 1. The number of nitro benzene ring substituents is 1. The summed E-state index contributed by atoms with van der Waals surface area (Å²) in [5.74, 6) is -1.36. The average Bonchev–Trinajstić information content (AvgIpc) is 2.78. The first kappa shape index (κ1) is 21.6. The van der Waals surface area contributed by atoms with E-state index >= 15 is 0 Å². The van der Waals surface area contributed by atoms with Gasteiger partial charge in [0.2, 0.25) is 0 Å². The SMILES string of the molecule is O=C(O)c1ccc(CO)c([N+](=O)[O-])c1-c1ccc2c(CC3CNCCO3)cc(=O)oc2c1. The third kappa shape index (κ3) is 4.11. The minimum absolute atomic E-state index is 0.0211.